The molecule has 3 nitrogen and oxygen atoms in total. The SMILES string of the molecule is CCCOC1CCCN(C2(CN)CCCC(CC)CC2)C1. The summed E-state index contributed by atoms with van der Waals surface area (Å²) in [6.07, 6.45) is 12.1. The fourth-order valence-corrected chi connectivity index (χ4v) is 4.31. The van der Waals surface area contributed by atoms with Gasteiger partial charge in [-0.25, -0.2) is 0 Å². The summed E-state index contributed by atoms with van der Waals surface area (Å²) in [5.41, 5.74) is 6.55. The molecule has 3 unspecified atom stereocenters. The highest BCUT2D eigenvalue weighted by molar-refractivity contribution is 4.96. The fourth-order valence-electron chi connectivity index (χ4n) is 4.31. The lowest BCUT2D eigenvalue weighted by molar-refractivity contribution is -0.0409. The maximum absolute atomic E-state index is 6.29. The molecule has 0 aromatic heterocycles. The van der Waals surface area contributed by atoms with Gasteiger partial charge in [-0.3, -0.25) is 4.90 Å². The van der Waals surface area contributed by atoms with E-state index in [0.29, 0.717) is 6.10 Å². The maximum atomic E-state index is 6.29. The van der Waals surface area contributed by atoms with Crippen LogP contribution in [0.15, 0.2) is 0 Å². The van der Waals surface area contributed by atoms with Crippen LogP contribution < -0.4 is 5.73 Å². The first kappa shape index (κ1) is 17.2. The molecule has 21 heavy (non-hydrogen) atoms. The molecular weight excluding hydrogens is 260 g/mol. The smallest absolute Gasteiger partial charge is 0.0702 e. The van der Waals surface area contributed by atoms with E-state index in [0.717, 1.165) is 32.0 Å². The molecule has 1 aliphatic heterocycles. The van der Waals surface area contributed by atoms with Gasteiger partial charge >= 0.3 is 0 Å². The summed E-state index contributed by atoms with van der Waals surface area (Å²) < 4.78 is 6.03. The molecule has 3 heteroatoms. The molecule has 0 bridgehead atoms. The van der Waals surface area contributed by atoms with E-state index in [1.807, 2.05) is 0 Å². The van der Waals surface area contributed by atoms with Crippen LogP contribution in [0.4, 0.5) is 0 Å². The zero-order valence-corrected chi connectivity index (χ0v) is 14.3. The normalized spacial score (nSPS) is 35.6. The molecule has 124 valence electrons. The van der Waals surface area contributed by atoms with E-state index >= 15 is 0 Å². The van der Waals surface area contributed by atoms with Crippen molar-refractivity contribution in [3.8, 4) is 0 Å². The van der Waals surface area contributed by atoms with E-state index in [1.54, 1.807) is 0 Å². The summed E-state index contributed by atoms with van der Waals surface area (Å²) in [5, 5.41) is 0. The molecule has 0 spiro atoms. The highest BCUT2D eigenvalue weighted by Gasteiger charge is 2.39. The molecule has 2 aliphatic rings. The topological polar surface area (TPSA) is 38.5 Å². The van der Waals surface area contributed by atoms with Gasteiger partial charge in [-0.1, -0.05) is 33.1 Å². The van der Waals surface area contributed by atoms with Crippen molar-refractivity contribution in [3.63, 3.8) is 0 Å². The Morgan fingerprint density at radius 2 is 2.00 bits per heavy atom. The van der Waals surface area contributed by atoms with E-state index in [4.69, 9.17) is 10.5 Å². The molecule has 1 heterocycles. The van der Waals surface area contributed by atoms with Crippen molar-refractivity contribution in [2.45, 2.75) is 83.3 Å². The average molecular weight is 296 g/mol. The molecule has 0 radical (unpaired) electrons. The molecule has 1 saturated carbocycles. The lowest BCUT2D eigenvalue weighted by Gasteiger charge is -2.47. The van der Waals surface area contributed by atoms with Gasteiger partial charge in [0.1, 0.15) is 0 Å². The molecular formula is C18H36N2O. The highest BCUT2D eigenvalue weighted by Crippen LogP contribution is 2.37. The quantitative estimate of drug-likeness (QED) is 0.762. The Labute approximate surface area is 131 Å². The van der Waals surface area contributed by atoms with Gasteiger partial charge in [-0.2, -0.15) is 0 Å². The van der Waals surface area contributed by atoms with Crippen LogP contribution in [-0.2, 0) is 4.74 Å². The van der Waals surface area contributed by atoms with Crippen LogP contribution in [0.25, 0.3) is 0 Å². The molecule has 2 fully saturated rings. The number of rotatable bonds is 6. The molecule has 3 atom stereocenters. The van der Waals surface area contributed by atoms with E-state index in [1.165, 1.54) is 57.9 Å². The second-order valence-electron chi connectivity index (χ2n) is 7.21. The van der Waals surface area contributed by atoms with Gasteiger partial charge in [-0.15, -0.1) is 0 Å². The van der Waals surface area contributed by atoms with Crippen LogP contribution in [0.1, 0.15) is 71.6 Å². The van der Waals surface area contributed by atoms with Gasteiger partial charge in [0.25, 0.3) is 0 Å². The fraction of sp³-hybridized carbons (Fsp3) is 1.00. The number of hydrogen-bond acceptors (Lipinski definition) is 3. The number of hydrogen-bond donors (Lipinski definition) is 1. The lowest BCUT2D eigenvalue weighted by Crippen LogP contribution is -2.58. The second-order valence-corrected chi connectivity index (χ2v) is 7.21. The lowest BCUT2D eigenvalue weighted by atomic mass is 9.85. The molecule has 2 rings (SSSR count). The number of nitrogens with zero attached hydrogens (tertiary/aromatic N) is 1. The number of nitrogens with two attached hydrogens (primary N) is 1. The monoisotopic (exact) mass is 296 g/mol. The van der Waals surface area contributed by atoms with Crippen LogP contribution in [0.3, 0.4) is 0 Å². The van der Waals surface area contributed by atoms with Crippen LogP contribution >= 0.6 is 0 Å². The minimum atomic E-state index is 0.262. The summed E-state index contributed by atoms with van der Waals surface area (Å²) in [5.74, 6) is 0.926. The van der Waals surface area contributed by atoms with Crippen molar-refractivity contribution in [1.82, 2.24) is 4.90 Å². The Kier molecular flexibility index (Phi) is 6.97. The third-order valence-corrected chi connectivity index (χ3v) is 5.84. The van der Waals surface area contributed by atoms with Crippen LogP contribution in [0, 0.1) is 5.92 Å². The second kappa shape index (κ2) is 8.50. The van der Waals surface area contributed by atoms with Gasteiger partial charge in [0.05, 0.1) is 6.10 Å². The molecule has 0 aromatic rings. The van der Waals surface area contributed by atoms with Gasteiger partial charge < -0.3 is 10.5 Å². The zero-order chi connectivity index (χ0) is 15.1. The number of likely N-dealkylation sites (tertiary alicyclic amines) is 1. The van der Waals surface area contributed by atoms with Crippen molar-refractivity contribution in [2.24, 2.45) is 11.7 Å². The molecule has 1 saturated heterocycles. The van der Waals surface area contributed by atoms with Gasteiger partial charge in [-0.05, 0) is 51.0 Å². The van der Waals surface area contributed by atoms with E-state index in [2.05, 4.69) is 18.7 Å². The molecule has 0 amide bonds. The first-order valence-corrected chi connectivity index (χ1v) is 9.30. The first-order valence-electron chi connectivity index (χ1n) is 9.30. The predicted octanol–water partition coefficient (Wildman–Crippen LogP) is 3.57. The van der Waals surface area contributed by atoms with E-state index < -0.39 is 0 Å². The minimum Gasteiger partial charge on any atom is -0.377 e. The molecule has 2 N–H and O–H groups in total. The maximum Gasteiger partial charge on any atom is 0.0702 e. The molecule has 1 aliphatic carbocycles. The van der Waals surface area contributed by atoms with Crippen LogP contribution in [0.5, 0.6) is 0 Å². The molecule has 0 aromatic carbocycles. The van der Waals surface area contributed by atoms with Gasteiger partial charge in [0.15, 0.2) is 0 Å². The van der Waals surface area contributed by atoms with Crippen molar-refractivity contribution in [3.05, 3.63) is 0 Å². The third kappa shape index (κ3) is 4.43. The number of piperidine rings is 1. The van der Waals surface area contributed by atoms with Gasteiger partial charge in [0, 0.05) is 25.2 Å². The van der Waals surface area contributed by atoms with Crippen LogP contribution in [-0.4, -0.2) is 42.8 Å². The Balaban J connectivity index is 1.98. The summed E-state index contributed by atoms with van der Waals surface area (Å²) in [4.78, 5) is 2.70. The first-order chi connectivity index (χ1) is 10.2. The highest BCUT2D eigenvalue weighted by atomic mass is 16.5. The average Bonchev–Trinajstić information content (AvgIpc) is 2.76. The van der Waals surface area contributed by atoms with Crippen molar-refractivity contribution < 1.29 is 4.74 Å². The minimum absolute atomic E-state index is 0.262. The van der Waals surface area contributed by atoms with Crippen molar-refractivity contribution in [2.75, 3.05) is 26.2 Å². The summed E-state index contributed by atoms with van der Waals surface area (Å²) in [6, 6.07) is 0. The van der Waals surface area contributed by atoms with Crippen LogP contribution in [0.2, 0.25) is 0 Å². The van der Waals surface area contributed by atoms with E-state index in [9.17, 15) is 0 Å². The summed E-state index contributed by atoms with van der Waals surface area (Å²) >= 11 is 0. The van der Waals surface area contributed by atoms with E-state index in [-0.39, 0.29) is 5.54 Å². The summed E-state index contributed by atoms with van der Waals surface area (Å²) in [6.45, 7) is 8.59. The Bertz CT molecular complexity index is 297. The standard InChI is InChI=1S/C18H36N2O/c1-3-13-21-17-8-6-12-20(14-17)18(15-19)10-5-7-16(4-2)9-11-18/h16-17H,3-15,19H2,1-2H3. The van der Waals surface area contributed by atoms with Crippen molar-refractivity contribution in [1.29, 1.82) is 0 Å². The zero-order valence-electron chi connectivity index (χ0n) is 14.3. The Morgan fingerprint density at radius 3 is 2.71 bits per heavy atom. The number of ether oxygens (including phenoxy) is 1. The van der Waals surface area contributed by atoms with Gasteiger partial charge in [0.2, 0.25) is 0 Å². The summed E-state index contributed by atoms with van der Waals surface area (Å²) in [7, 11) is 0. The Morgan fingerprint density at radius 1 is 1.14 bits per heavy atom. The Hall–Kier alpha value is -0.120. The largest absolute Gasteiger partial charge is 0.377 e. The van der Waals surface area contributed by atoms with Crippen molar-refractivity contribution >= 4 is 0 Å². The predicted molar refractivity (Wildman–Crippen MR) is 89.5 cm³/mol. The third-order valence-electron chi connectivity index (χ3n) is 5.84.